The first-order valence-corrected chi connectivity index (χ1v) is 5.99. The van der Waals surface area contributed by atoms with Gasteiger partial charge in [0, 0.05) is 24.0 Å². The second-order valence-electron chi connectivity index (χ2n) is 3.93. The molecule has 1 amide bonds. The minimum Gasteiger partial charge on any atom is -0.341 e. The van der Waals surface area contributed by atoms with Gasteiger partial charge in [0.25, 0.3) is 5.91 Å². The number of amides is 1. The zero-order valence-corrected chi connectivity index (χ0v) is 11.2. The van der Waals surface area contributed by atoms with Crippen molar-refractivity contribution in [2.24, 2.45) is 0 Å². The smallest absolute Gasteiger partial charge is 0.253 e. The summed E-state index contributed by atoms with van der Waals surface area (Å²) in [6, 6.07) is 4.21. The summed E-state index contributed by atoms with van der Waals surface area (Å²) in [6.07, 6.45) is 0. The standard InChI is InChI=1S/C12H15BrFNO/c1-8-6-10(14)4-5-11(8)12(16)15(3)7-9(2)13/h4-6,9H,7H2,1-3H3. The number of rotatable bonds is 3. The van der Waals surface area contributed by atoms with E-state index in [2.05, 4.69) is 15.9 Å². The normalized spacial score (nSPS) is 12.3. The number of carbonyl (C=O) groups is 1. The molecule has 1 atom stereocenters. The molecule has 1 unspecified atom stereocenters. The maximum absolute atomic E-state index is 12.9. The van der Waals surface area contributed by atoms with E-state index in [9.17, 15) is 9.18 Å². The van der Waals surface area contributed by atoms with Crippen LogP contribution in [-0.2, 0) is 0 Å². The maximum atomic E-state index is 12.9. The number of benzene rings is 1. The average molecular weight is 288 g/mol. The first-order valence-electron chi connectivity index (χ1n) is 5.07. The van der Waals surface area contributed by atoms with Gasteiger partial charge in [-0.15, -0.1) is 0 Å². The molecule has 2 nitrogen and oxygen atoms in total. The Labute approximate surface area is 104 Å². The third-order valence-corrected chi connectivity index (χ3v) is 2.58. The molecule has 0 aliphatic heterocycles. The van der Waals surface area contributed by atoms with E-state index in [1.807, 2.05) is 6.92 Å². The van der Waals surface area contributed by atoms with E-state index >= 15 is 0 Å². The minimum atomic E-state index is -0.314. The quantitative estimate of drug-likeness (QED) is 0.783. The lowest BCUT2D eigenvalue weighted by atomic mass is 10.1. The summed E-state index contributed by atoms with van der Waals surface area (Å²) in [6.45, 7) is 4.33. The van der Waals surface area contributed by atoms with Gasteiger partial charge in [-0.3, -0.25) is 4.79 Å². The van der Waals surface area contributed by atoms with Crippen molar-refractivity contribution in [2.75, 3.05) is 13.6 Å². The molecule has 0 N–H and O–H groups in total. The molecule has 0 fully saturated rings. The molecule has 0 saturated carbocycles. The molecule has 0 bridgehead atoms. The van der Waals surface area contributed by atoms with Gasteiger partial charge in [0.2, 0.25) is 0 Å². The highest BCUT2D eigenvalue weighted by Crippen LogP contribution is 2.13. The molecule has 0 aliphatic carbocycles. The predicted octanol–water partition coefficient (Wildman–Crippen LogP) is 2.99. The lowest BCUT2D eigenvalue weighted by Gasteiger charge is -2.19. The zero-order chi connectivity index (χ0) is 12.3. The molecule has 0 aromatic heterocycles. The molecule has 0 heterocycles. The van der Waals surface area contributed by atoms with Gasteiger partial charge in [-0.25, -0.2) is 4.39 Å². The summed E-state index contributed by atoms with van der Waals surface area (Å²) in [5, 5.41) is 0. The fourth-order valence-electron chi connectivity index (χ4n) is 1.53. The van der Waals surface area contributed by atoms with Gasteiger partial charge in [-0.2, -0.15) is 0 Å². The van der Waals surface area contributed by atoms with Gasteiger partial charge in [0.1, 0.15) is 5.82 Å². The Morgan fingerprint density at radius 1 is 1.56 bits per heavy atom. The molecule has 4 heteroatoms. The number of halogens is 2. The van der Waals surface area contributed by atoms with Crippen LogP contribution in [0.4, 0.5) is 4.39 Å². The molecule has 0 radical (unpaired) electrons. The fraction of sp³-hybridized carbons (Fsp3) is 0.417. The topological polar surface area (TPSA) is 20.3 Å². The number of hydrogen-bond acceptors (Lipinski definition) is 1. The van der Waals surface area contributed by atoms with Crippen LogP contribution in [-0.4, -0.2) is 29.2 Å². The average Bonchev–Trinajstić information content (AvgIpc) is 2.15. The second-order valence-corrected chi connectivity index (χ2v) is 5.49. The second kappa shape index (κ2) is 5.43. The SMILES string of the molecule is Cc1cc(F)ccc1C(=O)N(C)CC(C)Br. The van der Waals surface area contributed by atoms with Crippen LogP contribution in [0.2, 0.25) is 0 Å². The molecule has 16 heavy (non-hydrogen) atoms. The van der Waals surface area contributed by atoms with Crippen molar-refractivity contribution in [1.29, 1.82) is 0 Å². The third-order valence-electron chi connectivity index (χ3n) is 2.29. The maximum Gasteiger partial charge on any atom is 0.253 e. The highest BCUT2D eigenvalue weighted by atomic mass is 79.9. The Balaban J connectivity index is 2.88. The van der Waals surface area contributed by atoms with E-state index in [-0.39, 0.29) is 16.6 Å². The number of hydrogen-bond donors (Lipinski definition) is 0. The highest BCUT2D eigenvalue weighted by Gasteiger charge is 2.15. The van der Waals surface area contributed by atoms with E-state index < -0.39 is 0 Å². The Morgan fingerprint density at radius 2 is 2.19 bits per heavy atom. The van der Waals surface area contributed by atoms with Gasteiger partial charge in [0.15, 0.2) is 0 Å². The molecule has 0 spiro atoms. The number of carbonyl (C=O) groups excluding carboxylic acids is 1. The number of nitrogens with zero attached hydrogens (tertiary/aromatic N) is 1. The summed E-state index contributed by atoms with van der Waals surface area (Å²) in [5.41, 5.74) is 1.22. The fourth-order valence-corrected chi connectivity index (χ4v) is 1.97. The first-order chi connectivity index (χ1) is 7.41. The van der Waals surface area contributed by atoms with Gasteiger partial charge in [-0.1, -0.05) is 22.9 Å². The van der Waals surface area contributed by atoms with E-state index in [1.165, 1.54) is 18.2 Å². The summed E-state index contributed by atoms with van der Waals surface area (Å²) >= 11 is 3.39. The van der Waals surface area contributed by atoms with Gasteiger partial charge in [-0.05, 0) is 30.7 Å². The molecular weight excluding hydrogens is 273 g/mol. The highest BCUT2D eigenvalue weighted by molar-refractivity contribution is 9.09. The molecular formula is C12H15BrFNO. The van der Waals surface area contributed by atoms with Crippen molar-refractivity contribution >= 4 is 21.8 Å². The summed E-state index contributed by atoms with van der Waals surface area (Å²) < 4.78 is 12.9. The van der Waals surface area contributed by atoms with Crippen LogP contribution in [0.5, 0.6) is 0 Å². The minimum absolute atomic E-state index is 0.0798. The van der Waals surface area contributed by atoms with Gasteiger partial charge < -0.3 is 4.90 Å². The van der Waals surface area contributed by atoms with E-state index in [0.29, 0.717) is 17.7 Å². The lowest BCUT2D eigenvalue weighted by molar-refractivity contribution is 0.0796. The Hall–Kier alpha value is -0.900. The van der Waals surface area contributed by atoms with Crippen LogP contribution in [0.1, 0.15) is 22.8 Å². The zero-order valence-electron chi connectivity index (χ0n) is 9.63. The molecule has 1 aromatic carbocycles. The monoisotopic (exact) mass is 287 g/mol. The first kappa shape index (κ1) is 13.2. The van der Waals surface area contributed by atoms with Crippen LogP contribution in [0.25, 0.3) is 0 Å². The van der Waals surface area contributed by atoms with Crippen LogP contribution >= 0.6 is 15.9 Å². The van der Waals surface area contributed by atoms with Crippen molar-refractivity contribution < 1.29 is 9.18 Å². The Bertz CT molecular complexity index is 393. The van der Waals surface area contributed by atoms with Crippen molar-refractivity contribution in [2.45, 2.75) is 18.7 Å². The predicted molar refractivity (Wildman–Crippen MR) is 66.5 cm³/mol. The Kier molecular flexibility index (Phi) is 4.47. The van der Waals surface area contributed by atoms with Crippen molar-refractivity contribution in [3.63, 3.8) is 0 Å². The van der Waals surface area contributed by atoms with Crippen molar-refractivity contribution in [3.8, 4) is 0 Å². The molecule has 0 saturated heterocycles. The summed E-state index contributed by atoms with van der Waals surface area (Å²) in [4.78, 5) is 13.9. The van der Waals surface area contributed by atoms with Crippen molar-refractivity contribution in [3.05, 3.63) is 35.1 Å². The van der Waals surface area contributed by atoms with Crippen LogP contribution in [0.3, 0.4) is 0 Å². The largest absolute Gasteiger partial charge is 0.341 e. The van der Waals surface area contributed by atoms with E-state index in [4.69, 9.17) is 0 Å². The van der Waals surface area contributed by atoms with Crippen molar-refractivity contribution in [1.82, 2.24) is 4.90 Å². The molecule has 1 aromatic rings. The molecule has 88 valence electrons. The summed E-state index contributed by atoms with van der Waals surface area (Å²) in [5.74, 6) is -0.394. The van der Waals surface area contributed by atoms with Crippen LogP contribution in [0.15, 0.2) is 18.2 Å². The number of alkyl halides is 1. The van der Waals surface area contributed by atoms with Crippen LogP contribution < -0.4 is 0 Å². The molecule has 0 aliphatic rings. The molecule has 1 rings (SSSR count). The Morgan fingerprint density at radius 3 is 2.69 bits per heavy atom. The third kappa shape index (κ3) is 3.30. The van der Waals surface area contributed by atoms with Crippen LogP contribution in [0, 0.1) is 12.7 Å². The van der Waals surface area contributed by atoms with Gasteiger partial charge in [0.05, 0.1) is 0 Å². The van der Waals surface area contributed by atoms with Gasteiger partial charge >= 0.3 is 0 Å². The lowest BCUT2D eigenvalue weighted by Crippen LogP contribution is -2.31. The van der Waals surface area contributed by atoms with E-state index in [1.54, 1.807) is 18.9 Å². The van der Waals surface area contributed by atoms with E-state index in [0.717, 1.165) is 0 Å². The number of aryl methyl sites for hydroxylation is 1. The summed E-state index contributed by atoms with van der Waals surface area (Å²) in [7, 11) is 1.74.